The Labute approximate surface area is 217 Å². The molecule has 1 aromatic carbocycles. The highest BCUT2D eigenvalue weighted by Gasteiger charge is 2.49. The van der Waals surface area contributed by atoms with Crippen LogP contribution >= 0.6 is 0 Å². The maximum atomic E-state index is 13.4. The van der Waals surface area contributed by atoms with Crippen molar-refractivity contribution in [2.24, 2.45) is 13.0 Å². The van der Waals surface area contributed by atoms with Crippen LogP contribution in [0.15, 0.2) is 36.7 Å². The molecule has 0 unspecified atom stereocenters. The monoisotopic (exact) mass is 498 g/mol. The van der Waals surface area contributed by atoms with Crippen LogP contribution in [-0.2, 0) is 24.4 Å². The molecule has 2 aliphatic rings. The van der Waals surface area contributed by atoms with Crippen molar-refractivity contribution in [3.63, 3.8) is 0 Å². The molecule has 1 aliphatic heterocycles. The summed E-state index contributed by atoms with van der Waals surface area (Å²) < 4.78 is 1.95. The number of fused-ring (bicyclic) bond motifs is 1. The number of hydrogen-bond acceptors (Lipinski definition) is 7. The van der Waals surface area contributed by atoms with Crippen LogP contribution in [0.25, 0.3) is 0 Å². The van der Waals surface area contributed by atoms with Crippen molar-refractivity contribution in [3.8, 4) is 6.07 Å². The van der Waals surface area contributed by atoms with Crippen molar-refractivity contribution in [2.75, 3.05) is 23.7 Å². The largest absolute Gasteiger partial charge is 0.382 e. The topological polar surface area (TPSA) is 121 Å². The molecule has 0 atom stereocenters. The van der Waals surface area contributed by atoms with Gasteiger partial charge in [-0.15, -0.1) is 10.2 Å². The Morgan fingerprint density at radius 1 is 1.30 bits per heavy atom. The lowest BCUT2D eigenvalue weighted by atomic mass is 9.57. The summed E-state index contributed by atoms with van der Waals surface area (Å²) in [6.45, 7) is 8.66. The Kier molecular flexibility index (Phi) is 6.46. The minimum atomic E-state index is -0.325. The van der Waals surface area contributed by atoms with Gasteiger partial charge in [0.2, 0.25) is 0 Å². The Hall–Kier alpha value is -3.77. The first-order valence-corrected chi connectivity index (χ1v) is 12.9. The van der Waals surface area contributed by atoms with E-state index in [0.717, 1.165) is 54.3 Å². The van der Waals surface area contributed by atoms with Crippen LogP contribution in [0.2, 0.25) is 0 Å². The van der Waals surface area contributed by atoms with Crippen LogP contribution in [0.3, 0.4) is 0 Å². The van der Waals surface area contributed by atoms with Crippen molar-refractivity contribution < 1.29 is 4.79 Å². The van der Waals surface area contributed by atoms with E-state index in [9.17, 15) is 10.1 Å². The number of carbonyl (C=O) groups is 1. The molecule has 0 radical (unpaired) electrons. The number of aryl methyl sites for hydroxylation is 1. The lowest BCUT2D eigenvalue weighted by Gasteiger charge is -2.46. The maximum Gasteiger partial charge on any atom is 0.274 e. The molecule has 5 rings (SSSR count). The second kappa shape index (κ2) is 9.60. The minimum Gasteiger partial charge on any atom is -0.382 e. The van der Waals surface area contributed by atoms with Crippen LogP contribution in [0, 0.1) is 17.2 Å². The van der Waals surface area contributed by atoms with Crippen molar-refractivity contribution in [1.29, 1.82) is 5.26 Å². The Morgan fingerprint density at radius 3 is 2.81 bits per heavy atom. The number of aromatic nitrogens is 4. The second-order valence-corrected chi connectivity index (χ2v) is 10.9. The van der Waals surface area contributed by atoms with Gasteiger partial charge in [0.15, 0.2) is 0 Å². The van der Waals surface area contributed by atoms with Gasteiger partial charge in [0, 0.05) is 37.7 Å². The fraction of sp³-hybridized carbons (Fsp3) is 0.464. The summed E-state index contributed by atoms with van der Waals surface area (Å²) in [5.41, 5.74) is 4.72. The first-order valence-electron chi connectivity index (χ1n) is 12.9. The van der Waals surface area contributed by atoms with Crippen LogP contribution in [0.1, 0.15) is 73.2 Å². The summed E-state index contributed by atoms with van der Waals surface area (Å²) in [5.74, 6) is 0.972. The van der Waals surface area contributed by atoms with Crippen molar-refractivity contribution in [3.05, 3.63) is 65.0 Å². The quantitative estimate of drug-likeness (QED) is 0.431. The van der Waals surface area contributed by atoms with E-state index in [1.165, 1.54) is 0 Å². The van der Waals surface area contributed by atoms with Gasteiger partial charge in [-0.1, -0.05) is 32.9 Å². The van der Waals surface area contributed by atoms with Gasteiger partial charge in [-0.25, -0.2) is 4.98 Å². The molecule has 192 valence electrons. The van der Waals surface area contributed by atoms with Crippen LogP contribution in [0.5, 0.6) is 0 Å². The third-order valence-corrected chi connectivity index (χ3v) is 7.71. The van der Waals surface area contributed by atoms with Gasteiger partial charge in [0.25, 0.3) is 5.91 Å². The number of hydrogen-bond donors (Lipinski definition) is 3. The fourth-order valence-electron chi connectivity index (χ4n) is 5.75. The number of nitriles is 1. The number of rotatable bonds is 8. The van der Waals surface area contributed by atoms with E-state index in [1.54, 1.807) is 6.33 Å². The van der Waals surface area contributed by atoms with Crippen molar-refractivity contribution in [1.82, 2.24) is 25.1 Å². The summed E-state index contributed by atoms with van der Waals surface area (Å²) in [6, 6.07) is 12.1. The highest BCUT2D eigenvalue weighted by Crippen LogP contribution is 2.53. The SMILES string of the molecule is CCNCc1cc(C(=O)Nc2cccc(C3(c4nncn4C)CC(CC#N)C3)c2)nc2c1NCC2(C)C. The maximum absolute atomic E-state index is 13.4. The predicted octanol–water partition coefficient (Wildman–Crippen LogP) is 3.88. The van der Waals surface area contributed by atoms with Crippen LogP contribution in [0.4, 0.5) is 11.4 Å². The summed E-state index contributed by atoms with van der Waals surface area (Å²) in [7, 11) is 1.95. The Balaban J connectivity index is 1.44. The van der Waals surface area contributed by atoms with Gasteiger partial charge in [-0.2, -0.15) is 5.26 Å². The molecule has 3 N–H and O–H groups in total. The third kappa shape index (κ3) is 4.46. The van der Waals surface area contributed by atoms with Crippen LogP contribution in [-0.4, -0.2) is 38.7 Å². The molecule has 1 amide bonds. The molecular formula is C28H34N8O. The predicted molar refractivity (Wildman–Crippen MR) is 142 cm³/mol. The summed E-state index contributed by atoms with van der Waals surface area (Å²) in [4.78, 5) is 18.2. The zero-order valence-electron chi connectivity index (χ0n) is 21.9. The molecule has 0 spiro atoms. The summed E-state index contributed by atoms with van der Waals surface area (Å²) in [5, 5.41) is 27.7. The van der Waals surface area contributed by atoms with Gasteiger partial charge < -0.3 is 20.5 Å². The molecule has 1 aliphatic carbocycles. The first kappa shape index (κ1) is 24.9. The molecule has 9 nitrogen and oxygen atoms in total. The van der Waals surface area contributed by atoms with E-state index < -0.39 is 0 Å². The van der Waals surface area contributed by atoms with E-state index in [4.69, 9.17) is 4.98 Å². The second-order valence-electron chi connectivity index (χ2n) is 10.9. The number of nitrogens with zero attached hydrogens (tertiary/aromatic N) is 5. The zero-order valence-corrected chi connectivity index (χ0v) is 21.9. The average molecular weight is 499 g/mol. The minimum absolute atomic E-state index is 0.154. The molecule has 1 saturated carbocycles. The van der Waals surface area contributed by atoms with Crippen molar-refractivity contribution in [2.45, 2.75) is 57.4 Å². The number of benzene rings is 1. The highest BCUT2D eigenvalue weighted by molar-refractivity contribution is 6.03. The molecule has 1 fully saturated rings. The van der Waals surface area contributed by atoms with Gasteiger partial charge in [-0.05, 0) is 54.6 Å². The Morgan fingerprint density at radius 2 is 2.11 bits per heavy atom. The molecule has 9 heteroatoms. The molecular weight excluding hydrogens is 464 g/mol. The van der Waals surface area contributed by atoms with E-state index >= 15 is 0 Å². The number of carbonyl (C=O) groups excluding carboxylic acids is 1. The van der Waals surface area contributed by atoms with E-state index in [1.807, 2.05) is 35.9 Å². The number of pyridine rings is 1. The van der Waals surface area contributed by atoms with Gasteiger partial charge in [0.1, 0.15) is 17.8 Å². The average Bonchev–Trinajstić information content (AvgIpc) is 3.42. The van der Waals surface area contributed by atoms with Gasteiger partial charge in [0.05, 0.1) is 22.9 Å². The highest BCUT2D eigenvalue weighted by atomic mass is 16.1. The first-order chi connectivity index (χ1) is 17.8. The summed E-state index contributed by atoms with van der Waals surface area (Å²) >= 11 is 0. The molecule has 37 heavy (non-hydrogen) atoms. The van der Waals surface area contributed by atoms with E-state index in [-0.39, 0.29) is 16.7 Å². The summed E-state index contributed by atoms with van der Waals surface area (Å²) in [6.07, 6.45) is 3.89. The normalized spacial score (nSPS) is 21.4. The molecule has 0 bridgehead atoms. The zero-order chi connectivity index (χ0) is 26.2. The van der Waals surface area contributed by atoms with Crippen molar-refractivity contribution >= 4 is 17.3 Å². The van der Waals surface area contributed by atoms with Crippen LogP contribution < -0.4 is 16.0 Å². The molecule has 2 aromatic heterocycles. The standard InChI is InChI=1S/C28H34N8O/c1-5-30-15-19-11-22(34-24-23(19)31-16-27(24,2)3)25(37)33-21-8-6-7-20(12-21)28(13-18(14-28)9-10-29)26-35-32-17-36(26)4/h6-8,11-12,17-18,30-31H,5,9,13-16H2,1-4H3,(H,33,37). The lowest BCUT2D eigenvalue weighted by molar-refractivity contribution is 0.102. The molecule has 0 saturated heterocycles. The van der Waals surface area contributed by atoms with Gasteiger partial charge >= 0.3 is 0 Å². The Bertz CT molecular complexity index is 1360. The molecule has 3 aromatic rings. The fourth-order valence-corrected chi connectivity index (χ4v) is 5.75. The van der Waals surface area contributed by atoms with E-state index in [0.29, 0.717) is 30.3 Å². The number of nitrogens with one attached hydrogen (secondary N) is 3. The molecule has 3 heterocycles. The smallest absolute Gasteiger partial charge is 0.274 e. The van der Waals surface area contributed by atoms with Gasteiger partial charge in [-0.3, -0.25) is 4.79 Å². The lowest BCUT2D eigenvalue weighted by Crippen LogP contribution is -2.44. The number of amides is 1. The third-order valence-electron chi connectivity index (χ3n) is 7.71. The van der Waals surface area contributed by atoms with E-state index in [2.05, 4.69) is 59.1 Å². The number of anilines is 2.